The van der Waals surface area contributed by atoms with Crippen LogP contribution in [-0.2, 0) is 10.0 Å². The lowest BCUT2D eigenvalue weighted by molar-refractivity contribution is 0.227. The number of alkyl halides is 1. The van der Waals surface area contributed by atoms with Gasteiger partial charge in [-0.3, -0.25) is 0 Å². The molecular weight excluding hydrogens is 364 g/mol. The third-order valence-electron chi connectivity index (χ3n) is 4.02. The lowest BCUT2D eigenvalue weighted by Crippen LogP contribution is -2.40. The summed E-state index contributed by atoms with van der Waals surface area (Å²) >= 11 is 3.45. The van der Waals surface area contributed by atoms with Crippen LogP contribution in [0.3, 0.4) is 0 Å². The Bertz CT molecular complexity index is 601. The molecule has 7 heteroatoms. The first-order valence-electron chi connectivity index (χ1n) is 6.89. The first-order valence-corrected chi connectivity index (χ1v) is 9.50. The van der Waals surface area contributed by atoms with E-state index < -0.39 is 26.6 Å². The van der Waals surface area contributed by atoms with Crippen molar-refractivity contribution in [2.75, 3.05) is 11.9 Å². The summed E-state index contributed by atoms with van der Waals surface area (Å²) in [6, 6.07) is 2.43. The van der Waals surface area contributed by atoms with Crippen LogP contribution < -0.4 is 4.72 Å². The van der Waals surface area contributed by atoms with Gasteiger partial charge < -0.3 is 0 Å². The molecule has 0 bridgehead atoms. The molecule has 0 unspecified atom stereocenters. The van der Waals surface area contributed by atoms with Gasteiger partial charge in [0.25, 0.3) is 0 Å². The maximum absolute atomic E-state index is 13.6. The SMILES string of the molecule is O=S(=O)(NCC1(CBr)CCCCC1)c1cc(F)ccc1F. The fourth-order valence-electron chi connectivity index (χ4n) is 2.67. The van der Waals surface area contributed by atoms with Gasteiger partial charge in [-0.05, 0) is 36.5 Å². The van der Waals surface area contributed by atoms with Gasteiger partial charge in [0.2, 0.25) is 10.0 Å². The van der Waals surface area contributed by atoms with Crippen molar-refractivity contribution in [1.29, 1.82) is 0 Å². The summed E-state index contributed by atoms with van der Waals surface area (Å²) in [5.41, 5.74) is -0.144. The van der Waals surface area contributed by atoms with E-state index in [1.807, 2.05) is 0 Å². The Balaban J connectivity index is 2.15. The molecule has 0 amide bonds. The largest absolute Gasteiger partial charge is 0.243 e. The van der Waals surface area contributed by atoms with Crippen LogP contribution in [0.25, 0.3) is 0 Å². The van der Waals surface area contributed by atoms with Gasteiger partial charge in [-0.25, -0.2) is 21.9 Å². The monoisotopic (exact) mass is 381 g/mol. The van der Waals surface area contributed by atoms with E-state index in [1.165, 1.54) is 0 Å². The molecule has 1 aliphatic carbocycles. The lowest BCUT2D eigenvalue weighted by atomic mass is 9.76. The number of hydrogen-bond donors (Lipinski definition) is 1. The summed E-state index contributed by atoms with van der Waals surface area (Å²) in [6.07, 6.45) is 5.11. The minimum atomic E-state index is -4.05. The molecule has 0 aliphatic heterocycles. The lowest BCUT2D eigenvalue weighted by Gasteiger charge is -2.35. The average molecular weight is 382 g/mol. The summed E-state index contributed by atoms with van der Waals surface area (Å²) in [7, 11) is -4.05. The molecule has 1 N–H and O–H groups in total. The van der Waals surface area contributed by atoms with E-state index in [0.717, 1.165) is 44.2 Å². The zero-order valence-corrected chi connectivity index (χ0v) is 13.9. The van der Waals surface area contributed by atoms with E-state index in [1.54, 1.807) is 0 Å². The predicted molar refractivity (Wildman–Crippen MR) is 80.9 cm³/mol. The molecule has 21 heavy (non-hydrogen) atoms. The third kappa shape index (κ3) is 4.02. The van der Waals surface area contributed by atoms with Crippen LogP contribution in [0.1, 0.15) is 32.1 Å². The summed E-state index contributed by atoms with van der Waals surface area (Å²) < 4.78 is 53.5. The number of benzene rings is 1. The molecule has 0 spiro atoms. The fourth-order valence-corrected chi connectivity index (χ4v) is 4.67. The topological polar surface area (TPSA) is 46.2 Å². The van der Waals surface area contributed by atoms with E-state index >= 15 is 0 Å². The molecule has 118 valence electrons. The first-order chi connectivity index (χ1) is 9.88. The van der Waals surface area contributed by atoms with E-state index in [0.29, 0.717) is 11.4 Å². The van der Waals surface area contributed by atoms with E-state index in [9.17, 15) is 17.2 Å². The van der Waals surface area contributed by atoms with Crippen LogP contribution in [0, 0.1) is 17.0 Å². The minimum Gasteiger partial charge on any atom is -0.210 e. The molecule has 0 radical (unpaired) electrons. The van der Waals surface area contributed by atoms with Crippen molar-refractivity contribution in [2.45, 2.75) is 37.0 Å². The van der Waals surface area contributed by atoms with Crippen molar-refractivity contribution in [3.8, 4) is 0 Å². The summed E-state index contributed by atoms with van der Waals surface area (Å²) in [5.74, 6) is -1.72. The highest BCUT2D eigenvalue weighted by molar-refractivity contribution is 9.09. The van der Waals surface area contributed by atoms with E-state index in [4.69, 9.17) is 0 Å². The molecule has 0 atom stereocenters. The maximum atomic E-state index is 13.6. The van der Waals surface area contributed by atoms with E-state index in [2.05, 4.69) is 20.7 Å². The number of sulfonamides is 1. The normalized spacial score (nSPS) is 18.6. The van der Waals surface area contributed by atoms with Gasteiger partial charge in [-0.2, -0.15) is 0 Å². The molecule has 2 rings (SSSR count). The Kier molecular flexibility index (Phi) is 5.38. The van der Waals surface area contributed by atoms with Crippen molar-refractivity contribution < 1.29 is 17.2 Å². The Labute approximate surface area is 132 Å². The summed E-state index contributed by atoms with van der Waals surface area (Å²) in [5, 5.41) is 0.689. The van der Waals surface area contributed by atoms with Gasteiger partial charge in [0.15, 0.2) is 0 Å². The van der Waals surface area contributed by atoms with E-state index in [-0.39, 0.29) is 12.0 Å². The Morgan fingerprint density at radius 3 is 2.48 bits per heavy atom. The molecular formula is C14H18BrF2NO2S. The highest BCUT2D eigenvalue weighted by Gasteiger charge is 2.33. The highest BCUT2D eigenvalue weighted by Crippen LogP contribution is 2.37. The van der Waals surface area contributed by atoms with Crippen molar-refractivity contribution in [1.82, 2.24) is 4.72 Å². The van der Waals surface area contributed by atoms with Crippen molar-refractivity contribution in [2.24, 2.45) is 5.41 Å². The number of hydrogen-bond acceptors (Lipinski definition) is 2. The van der Waals surface area contributed by atoms with Crippen LogP contribution >= 0.6 is 15.9 Å². The highest BCUT2D eigenvalue weighted by atomic mass is 79.9. The third-order valence-corrected chi connectivity index (χ3v) is 6.62. The fraction of sp³-hybridized carbons (Fsp3) is 0.571. The first kappa shape index (κ1) is 16.8. The van der Waals surface area contributed by atoms with Crippen LogP contribution in [0.15, 0.2) is 23.1 Å². The Morgan fingerprint density at radius 1 is 1.19 bits per heavy atom. The van der Waals surface area contributed by atoms with Crippen LogP contribution in [0.5, 0.6) is 0 Å². The maximum Gasteiger partial charge on any atom is 0.243 e. The van der Waals surface area contributed by atoms with Crippen molar-refractivity contribution >= 4 is 26.0 Å². The Morgan fingerprint density at radius 2 is 1.86 bits per heavy atom. The average Bonchev–Trinajstić information content (AvgIpc) is 2.49. The Hall–Kier alpha value is -0.530. The quantitative estimate of drug-likeness (QED) is 0.792. The van der Waals surface area contributed by atoms with Crippen molar-refractivity contribution in [3.63, 3.8) is 0 Å². The van der Waals surface area contributed by atoms with Crippen molar-refractivity contribution in [3.05, 3.63) is 29.8 Å². The van der Waals surface area contributed by atoms with Crippen LogP contribution in [0.2, 0.25) is 0 Å². The molecule has 0 heterocycles. The van der Waals surface area contributed by atoms with Gasteiger partial charge in [-0.15, -0.1) is 0 Å². The zero-order chi connectivity index (χ0) is 15.5. The predicted octanol–water partition coefficient (Wildman–Crippen LogP) is 3.59. The summed E-state index contributed by atoms with van der Waals surface area (Å²) in [4.78, 5) is -0.636. The van der Waals surface area contributed by atoms with Gasteiger partial charge in [0.05, 0.1) is 0 Å². The molecule has 0 aromatic heterocycles. The zero-order valence-electron chi connectivity index (χ0n) is 11.5. The van der Waals surface area contributed by atoms with Gasteiger partial charge >= 0.3 is 0 Å². The van der Waals surface area contributed by atoms with Gasteiger partial charge in [0.1, 0.15) is 16.5 Å². The second-order valence-corrected chi connectivity index (χ2v) is 7.89. The molecule has 1 aromatic rings. The second-order valence-electron chi connectivity index (χ2n) is 5.59. The second kappa shape index (κ2) is 6.71. The van der Waals surface area contributed by atoms with Crippen LogP contribution in [-0.4, -0.2) is 20.3 Å². The number of rotatable bonds is 5. The number of halogens is 3. The minimum absolute atomic E-state index is 0.144. The van der Waals surface area contributed by atoms with Gasteiger partial charge in [0, 0.05) is 11.9 Å². The molecule has 1 saturated carbocycles. The van der Waals surface area contributed by atoms with Gasteiger partial charge in [-0.1, -0.05) is 35.2 Å². The molecule has 3 nitrogen and oxygen atoms in total. The molecule has 1 aromatic carbocycles. The molecule has 1 aliphatic rings. The smallest absolute Gasteiger partial charge is 0.210 e. The molecule has 1 fully saturated rings. The van der Waals surface area contributed by atoms with Crippen LogP contribution in [0.4, 0.5) is 8.78 Å². The number of nitrogens with one attached hydrogen (secondary N) is 1. The molecule has 0 saturated heterocycles. The summed E-state index contributed by atoms with van der Waals surface area (Å²) in [6.45, 7) is 0.233. The standard InChI is InChI=1S/C14H18BrF2NO2S/c15-9-14(6-2-1-3-7-14)10-18-21(19,20)13-8-11(16)4-5-12(13)17/h4-5,8,18H,1-3,6-7,9-10H2.